The molecule has 1 aliphatic heterocycles. The van der Waals surface area contributed by atoms with Crippen LogP contribution in [0.5, 0.6) is 5.75 Å². The van der Waals surface area contributed by atoms with Crippen LogP contribution < -0.4 is 10.1 Å². The third kappa shape index (κ3) is 5.83. The topological polar surface area (TPSA) is 50.8 Å². The summed E-state index contributed by atoms with van der Waals surface area (Å²) in [6.07, 6.45) is 0.204. The van der Waals surface area contributed by atoms with Gasteiger partial charge in [0.15, 0.2) is 11.6 Å². The molecule has 1 atom stereocenters. The van der Waals surface area contributed by atoms with Crippen LogP contribution in [0, 0.1) is 18.6 Å². The molecule has 0 radical (unpaired) electrons. The van der Waals surface area contributed by atoms with E-state index in [0.717, 1.165) is 23.6 Å². The third-order valence-electron chi connectivity index (χ3n) is 5.06. The summed E-state index contributed by atoms with van der Waals surface area (Å²) in [7, 11) is 0. The van der Waals surface area contributed by atoms with E-state index in [1.807, 2.05) is 38.1 Å². The van der Waals surface area contributed by atoms with Gasteiger partial charge in [0, 0.05) is 25.7 Å². The van der Waals surface area contributed by atoms with Crippen LogP contribution in [0.25, 0.3) is 0 Å². The van der Waals surface area contributed by atoms with E-state index in [4.69, 9.17) is 9.47 Å². The summed E-state index contributed by atoms with van der Waals surface area (Å²) in [5, 5.41) is 3.21. The van der Waals surface area contributed by atoms with Gasteiger partial charge in [-0.3, -0.25) is 0 Å². The molecule has 1 unspecified atom stereocenters. The summed E-state index contributed by atoms with van der Waals surface area (Å²) in [6, 6.07) is 10.0. The summed E-state index contributed by atoms with van der Waals surface area (Å²) < 4.78 is 39.7. The molecule has 30 heavy (non-hydrogen) atoms. The second-order valence-electron chi connectivity index (χ2n) is 7.13. The van der Waals surface area contributed by atoms with E-state index in [-0.39, 0.29) is 36.4 Å². The van der Waals surface area contributed by atoms with Crippen molar-refractivity contribution in [1.82, 2.24) is 10.2 Å². The second-order valence-corrected chi connectivity index (χ2v) is 7.13. The molecule has 1 amide bonds. The molecule has 0 aliphatic carbocycles. The van der Waals surface area contributed by atoms with E-state index in [9.17, 15) is 13.6 Å². The molecular formula is C22H27ClF2N2O3. The average molecular weight is 441 g/mol. The zero-order chi connectivity index (χ0) is 20.8. The molecule has 2 aromatic carbocycles. The minimum atomic E-state index is -0.850. The number of rotatable bonds is 6. The highest BCUT2D eigenvalue weighted by Gasteiger charge is 2.27. The van der Waals surface area contributed by atoms with Gasteiger partial charge in [-0.2, -0.15) is 0 Å². The summed E-state index contributed by atoms with van der Waals surface area (Å²) in [5.74, 6) is -1.70. The van der Waals surface area contributed by atoms with Gasteiger partial charge in [-0.1, -0.05) is 36.8 Å². The molecule has 0 bridgehead atoms. The molecule has 0 saturated carbocycles. The normalized spacial score (nSPS) is 16.0. The van der Waals surface area contributed by atoms with Crippen molar-refractivity contribution < 1.29 is 23.0 Å². The van der Waals surface area contributed by atoms with Gasteiger partial charge in [-0.05, 0) is 31.0 Å². The monoisotopic (exact) mass is 440 g/mol. The zero-order valence-electron chi connectivity index (χ0n) is 17.1. The molecule has 1 N–H and O–H groups in total. The lowest BCUT2D eigenvalue weighted by molar-refractivity contribution is 0.0697. The molecule has 0 aromatic heterocycles. The molecule has 0 spiro atoms. The van der Waals surface area contributed by atoms with Gasteiger partial charge in [-0.25, -0.2) is 13.6 Å². The van der Waals surface area contributed by atoms with Crippen LogP contribution in [0.4, 0.5) is 13.6 Å². The molecule has 1 aliphatic rings. The van der Waals surface area contributed by atoms with E-state index in [2.05, 4.69) is 5.32 Å². The van der Waals surface area contributed by atoms with E-state index in [1.165, 1.54) is 6.07 Å². The first kappa shape index (κ1) is 23.9. The molecule has 1 heterocycles. The number of benzene rings is 2. The number of amides is 1. The Hall–Kier alpha value is -2.38. The minimum absolute atomic E-state index is 0. The van der Waals surface area contributed by atoms with Gasteiger partial charge in [-0.15, -0.1) is 12.4 Å². The standard InChI is InChI=1S/C22H26F2N2O3.ClH/c1-3-17-12-25-10-11-26(17)22(27)29-14-18-19(23)8-9-20(21(18)24)28-13-16-6-4-15(2)5-7-16;/h4-9,17,25H,3,10-14H2,1-2H3;1H. The Kier molecular flexibility index (Phi) is 8.87. The summed E-state index contributed by atoms with van der Waals surface area (Å²) in [4.78, 5) is 14.0. The van der Waals surface area contributed by atoms with Gasteiger partial charge < -0.3 is 19.7 Å². The van der Waals surface area contributed by atoms with Crippen LogP contribution in [0.3, 0.4) is 0 Å². The Bertz CT molecular complexity index is 849. The lowest BCUT2D eigenvalue weighted by Crippen LogP contribution is -2.53. The number of carbonyl (C=O) groups is 1. The van der Waals surface area contributed by atoms with Gasteiger partial charge in [0.25, 0.3) is 0 Å². The van der Waals surface area contributed by atoms with E-state index in [1.54, 1.807) is 4.90 Å². The predicted molar refractivity (Wildman–Crippen MR) is 113 cm³/mol. The van der Waals surface area contributed by atoms with Crippen molar-refractivity contribution >= 4 is 18.5 Å². The van der Waals surface area contributed by atoms with Gasteiger partial charge in [0.2, 0.25) is 0 Å². The third-order valence-corrected chi connectivity index (χ3v) is 5.06. The number of aryl methyl sites for hydroxylation is 1. The zero-order valence-corrected chi connectivity index (χ0v) is 17.9. The minimum Gasteiger partial charge on any atom is -0.486 e. The molecule has 8 heteroatoms. The van der Waals surface area contributed by atoms with Crippen LogP contribution in [0.15, 0.2) is 36.4 Å². The van der Waals surface area contributed by atoms with Crippen LogP contribution in [0.2, 0.25) is 0 Å². The lowest BCUT2D eigenvalue weighted by Gasteiger charge is -2.34. The van der Waals surface area contributed by atoms with Crippen molar-refractivity contribution in [2.24, 2.45) is 0 Å². The first-order valence-electron chi connectivity index (χ1n) is 9.79. The van der Waals surface area contributed by atoms with Crippen molar-refractivity contribution in [2.45, 2.75) is 39.5 Å². The Balaban J connectivity index is 0.00000320. The number of nitrogens with one attached hydrogen (secondary N) is 1. The quantitative estimate of drug-likeness (QED) is 0.713. The number of halogens is 3. The molecule has 1 saturated heterocycles. The van der Waals surface area contributed by atoms with Crippen LogP contribution in [0.1, 0.15) is 30.0 Å². The number of hydrogen-bond donors (Lipinski definition) is 1. The Labute approximate surface area is 181 Å². The molecule has 5 nitrogen and oxygen atoms in total. The molecule has 1 fully saturated rings. The fraction of sp³-hybridized carbons (Fsp3) is 0.409. The largest absolute Gasteiger partial charge is 0.486 e. The fourth-order valence-electron chi connectivity index (χ4n) is 3.25. The highest BCUT2D eigenvalue weighted by molar-refractivity contribution is 5.85. The highest BCUT2D eigenvalue weighted by atomic mass is 35.5. The van der Waals surface area contributed by atoms with Gasteiger partial charge >= 0.3 is 6.09 Å². The Morgan fingerprint density at radius 3 is 2.60 bits per heavy atom. The number of ether oxygens (including phenoxy) is 2. The van der Waals surface area contributed by atoms with Crippen molar-refractivity contribution in [1.29, 1.82) is 0 Å². The van der Waals surface area contributed by atoms with Crippen molar-refractivity contribution in [3.63, 3.8) is 0 Å². The summed E-state index contributed by atoms with van der Waals surface area (Å²) in [6.45, 7) is 5.46. The number of carbonyl (C=O) groups excluding carboxylic acids is 1. The molecule has 3 rings (SSSR count). The maximum absolute atomic E-state index is 14.8. The van der Waals surface area contributed by atoms with E-state index >= 15 is 0 Å². The number of hydrogen-bond acceptors (Lipinski definition) is 4. The molecule has 164 valence electrons. The lowest BCUT2D eigenvalue weighted by atomic mass is 10.1. The smallest absolute Gasteiger partial charge is 0.410 e. The van der Waals surface area contributed by atoms with Crippen LogP contribution >= 0.6 is 12.4 Å². The first-order valence-corrected chi connectivity index (χ1v) is 9.79. The average Bonchev–Trinajstić information content (AvgIpc) is 2.74. The van der Waals surface area contributed by atoms with Crippen molar-refractivity contribution in [3.8, 4) is 5.75 Å². The predicted octanol–water partition coefficient (Wildman–Crippen LogP) is 4.59. The first-order chi connectivity index (χ1) is 14.0. The van der Waals surface area contributed by atoms with Crippen LogP contribution in [-0.2, 0) is 18.0 Å². The molecular weight excluding hydrogens is 414 g/mol. The number of nitrogens with zero attached hydrogens (tertiary/aromatic N) is 1. The number of piperazine rings is 1. The molecule has 2 aromatic rings. The summed E-state index contributed by atoms with van der Waals surface area (Å²) in [5.41, 5.74) is 1.67. The van der Waals surface area contributed by atoms with Crippen molar-refractivity contribution in [3.05, 3.63) is 64.7 Å². The van der Waals surface area contributed by atoms with Crippen molar-refractivity contribution in [2.75, 3.05) is 19.6 Å². The Morgan fingerprint density at radius 1 is 1.17 bits per heavy atom. The van der Waals surface area contributed by atoms with Gasteiger partial charge in [0.05, 0.1) is 5.56 Å². The Morgan fingerprint density at radius 2 is 1.90 bits per heavy atom. The summed E-state index contributed by atoms with van der Waals surface area (Å²) >= 11 is 0. The van der Waals surface area contributed by atoms with E-state index in [0.29, 0.717) is 19.6 Å². The highest BCUT2D eigenvalue weighted by Crippen LogP contribution is 2.25. The van der Waals surface area contributed by atoms with E-state index < -0.39 is 24.3 Å². The van der Waals surface area contributed by atoms with Gasteiger partial charge in [0.1, 0.15) is 19.0 Å². The maximum atomic E-state index is 14.8. The SMILES string of the molecule is CCC1CNCCN1C(=O)OCc1c(F)ccc(OCc2ccc(C)cc2)c1F.Cl. The van der Waals surface area contributed by atoms with Crippen LogP contribution in [-0.4, -0.2) is 36.7 Å². The maximum Gasteiger partial charge on any atom is 0.410 e. The fourth-order valence-corrected chi connectivity index (χ4v) is 3.25. The second kappa shape index (κ2) is 11.1.